The Morgan fingerprint density at radius 3 is 2.46 bits per heavy atom. The van der Waals surface area contributed by atoms with E-state index in [9.17, 15) is 18.4 Å². The third-order valence-corrected chi connectivity index (χ3v) is 6.37. The lowest BCUT2D eigenvalue weighted by Crippen LogP contribution is -2.52. The summed E-state index contributed by atoms with van der Waals surface area (Å²) in [5.41, 5.74) is 4.51. The van der Waals surface area contributed by atoms with Gasteiger partial charge in [-0.05, 0) is 50.1 Å². The average Bonchev–Trinajstić information content (AvgIpc) is 2.81. The number of aryl methyl sites for hydroxylation is 2. The van der Waals surface area contributed by atoms with Crippen LogP contribution in [0.2, 0.25) is 0 Å². The summed E-state index contributed by atoms with van der Waals surface area (Å²) in [5.74, 6) is -2.67. The molecule has 2 heterocycles. The maximum atomic E-state index is 14.0. The van der Waals surface area contributed by atoms with Crippen molar-refractivity contribution >= 4 is 17.7 Å². The van der Waals surface area contributed by atoms with E-state index in [0.717, 1.165) is 38.3 Å². The molecular weight excluding hydrogens is 454 g/mol. The molecule has 0 aromatic heterocycles. The number of amides is 2. The molecule has 2 N–H and O–H groups in total. The van der Waals surface area contributed by atoms with Crippen LogP contribution < -0.4 is 15.5 Å². The zero-order valence-electron chi connectivity index (χ0n) is 20.2. The number of piperazine rings is 1. The predicted octanol–water partition coefficient (Wildman–Crippen LogP) is 3.57. The quantitative estimate of drug-likeness (QED) is 0.614. The van der Waals surface area contributed by atoms with Crippen LogP contribution in [0, 0.1) is 25.5 Å². The molecule has 0 bridgehead atoms. The highest BCUT2D eigenvalue weighted by Gasteiger charge is 2.35. The number of hydrogen-bond acceptors (Lipinski definition) is 5. The summed E-state index contributed by atoms with van der Waals surface area (Å²) in [6.07, 6.45) is 0. The van der Waals surface area contributed by atoms with Gasteiger partial charge >= 0.3 is 12.0 Å². The standard InChI is InChI=1S/C26H30F2N4O3/c1-4-35-25(33)23-21(29-26(34)30-24(23)18-6-7-19(27)20(28)14-18)15-31-9-11-32(12-10-31)22-8-5-16(2)13-17(22)3/h5-8,13-14,24H,4,9-12,15H2,1-3H3,(H2,29,30,34)/t24-/m0/s1. The normalized spacial score (nSPS) is 18.8. The van der Waals surface area contributed by atoms with Crippen LogP contribution in [0.3, 0.4) is 0 Å². The number of hydrogen-bond donors (Lipinski definition) is 2. The second-order valence-corrected chi connectivity index (χ2v) is 8.87. The molecule has 2 amide bonds. The van der Waals surface area contributed by atoms with Crippen molar-refractivity contribution in [3.05, 3.63) is 76.0 Å². The van der Waals surface area contributed by atoms with Crippen molar-refractivity contribution in [1.29, 1.82) is 0 Å². The second kappa shape index (κ2) is 10.4. The van der Waals surface area contributed by atoms with Crippen LogP contribution in [0.15, 0.2) is 47.7 Å². The number of nitrogens with one attached hydrogen (secondary N) is 2. The number of halogens is 2. The molecule has 35 heavy (non-hydrogen) atoms. The van der Waals surface area contributed by atoms with Crippen LogP contribution >= 0.6 is 0 Å². The van der Waals surface area contributed by atoms with E-state index in [0.29, 0.717) is 12.2 Å². The monoisotopic (exact) mass is 484 g/mol. The van der Waals surface area contributed by atoms with E-state index in [1.165, 1.54) is 22.9 Å². The first kappa shape index (κ1) is 24.7. The molecule has 0 unspecified atom stereocenters. The molecule has 186 valence electrons. The van der Waals surface area contributed by atoms with Gasteiger partial charge in [0.1, 0.15) is 0 Å². The van der Waals surface area contributed by atoms with Crippen molar-refractivity contribution < 1.29 is 23.1 Å². The fraction of sp³-hybridized carbons (Fsp3) is 0.385. The van der Waals surface area contributed by atoms with Crippen LogP contribution in [0.4, 0.5) is 19.3 Å². The summed E-state index contributed by atoms with van der Waals surface area (Å²) in [4.78, 5) is 29.9. The van der Waals surface area contributed by atoms with Gasteiger partial charge in [0, 0.05) is 44.1 Å². The van der Waals surface area contributed by atoms with Gasteiger partial charge in [0.2, 0.25) is 0 Å². The van der Waals surface area contributed by atoms with Crippen LogP contribution in [0.25, 0.3) is 0 Å². The Morgan fingerprint density at radius 1 is 1.06 bits per heavy atom. The lowest BCUT2D eigenvalue weighted by Gasteiger charge is -2.38. The molecule has 4 rings (SSSR count). The number of benzene rings is 2. The van der Waals surface area contributed by atoms with Crippen LogP contribution in [-0.4, -0.2) is 56.2 Å². The van der Waals surface area contributed by atoms with Crippen LogP contribution in [0.5, 0.6) is 0 Å². The van der Waals surface area contributed by atoms with E-state index >= 15 is 0 Å². The van der Waals surface area contributed by atoms with Crippen LogP contribution in [0.1, 0.15) is 29.7 Å². The highest BCUT2D eigenvalue weighted by molar-refractivity contribution is 5.95. The summed E-state index contributed by atoms with van der Waals surface area (Å²) >= 11 is 0. The molecular formula is C26H30F2N4O3. The van der Waals surface area contributed by atoms with Gasteiger partial charge in [-0.25, -0.2) is 18.4 Å². The number of urea groups is 1. The maximum absolute atomic E-state index is 14.0. The highest BCUT2D eigenvalue weighted by Crippen LogP contribution is 2.30. The number of nitrogens with zero attached hydrogens (tertiary/aromatic N) is 2. The molecule has 1 atom stereocenters. The van der Waals surface area contributed by atoms with Gasteiger partial charge in [0.25, 0.3) is 0 Å². The van der Waals surface area contributed by atoms with Gasteiger partial charge in [-0.1, -0.05) is 23.8 Å². The number of ether oxygens (including phenoxy) is 1. The largest absolute Gasteiger partial charge is 0.463 e. The lowest BCUT2D eigenvalue weighted by molar-refractivity contribution is -0.139. The van der Waals surface area contributed by atoms with E-state index in [1.54, 1.807) is 6.92 Å². The third-order valence-electron chi connectivity index (χ3n) is 6.37. The van der Waals surface area contributed by atoms with Gasteiger partial charge in [0.05, 0.1) is 18.2 Å². The number of carbonyl (C=O) groups excluding carboxylic acids is 2. The van der Waals surface area contributed by atoms with Gasteiger partial charge in [-0.2, -0.15) is 0 Å². The molecule has 2 aromatic carbocycles. The molecule has 1 saturated heterocycles. The first-order chi connectivity index (χ1) is 16.8. The number of rotatable bonds is 6. The molecule has 0 spiro atoms. The molecule has 0 radical (unpaired) electrons. The Bertz CT molecular complexity index is 1160. The van der Waals surface area contributed by atoms with Gasteiger partial charge in [-0.3, -0.25) is 4.90 Å². The van der Waals surface area contributed by atoms with Gasteiger partial charge < -0.3 is 20.3 Å². The van der Waals surface area contributed by atoms with Crippen molar-refractivity contribution in [3.63, 3.8) is 0 Å². The van der Waals surface area contributed by atoms with Crippen molar-refractivity contribution in [2.24, 2.45) is 0 Å². The Morgan fingerprint density at radius 2 is 1.80 bits per heavy atom. The summed E-state index contributed by atoms with van der Waals surface area (Å²) in [6.45, 7) is 9.38. The number of anilines is 1. The summed E-state index contributed by atoms with van der Waals surface area (Å²) in [5, 5.41) is 5.39. The summed E-state index contributed by atoms with van der Waals surface area (Å²) in [7, 11) is 0. The van der Waals surface area contributed by atoms with E-state index in [4.69, 9.17) is 4.74 Å². The highest BCUT2D eigenvalue weighted by atomic mass is 19.2. The summed E-state index contributed by atoms with van der Waals surface area (Å²) < 4.78 is 32.7. The fourth-order valence-corrected chi connectivity index (χ4v) is 4.67. The maximum Gasteiger partial charge on any atom is 0.338 e. The molecule has 2 aromatic rings. The lowest BCUT2D eigenvalue weighted by atomic mass is 9.94. The molecule has 0 saturated carbocycles. The first-order valence-electron chi connectivity index (χ1n) is 11.7. The van der Waals surface area contributed by atoms with Crippen molar-refractivity contribution in [1.82, 2.24) is 15.5 Å². The van der Waals surface area contributed by atoms with Crippen molar-refractivity contribution in [2.45, 2.75) is 26.8 Å². The van der Waals surface area contributed by atoms with Crippen molar-refractivity contribution in [2.75, 3.05) is 44.2 Å². The SMILES string of the molecule is CCOC(=O)C1=C(CN2CCN(c3ccc(C)cc3C)CC2)NC(=O)N[C@H]1c1ccc(F)c(F)c1. The van der Waals surface area contributed by atoms with E-state index in [-0.39, 0.29) is 17.7 Å². The molecule has 2 aliphatic rings. The van der Waals surface area contributed by atoms with Crippen molar-refractivity contribution in [3.8, 4) is 0 Å². The first-order valence-corrected chi connectivity index (χ1v) is 11.7. The van der Waals surface area contributed by atoms with E-state index in [1.807, 2.05) is 0 Å². The molecule has 7 nitrogen and oxygen atoms in total. The zero-order chi connectivity index (χ0) is 25.1. The molecule has 9 heteroatoms. The van der Waals surface area contributed by atoms with Crippen LogP contribution in [-0.2, 0) is 9.53 Å². The fourth-order valence-electron chi connectivity index (χ4n) is 4.67. The zero-order valence-corrected chi connectivity index (χ0v) is 20.2. The molecule has 1 fully saturated rings. The predicted molar refractivity (Wildman–Crippen MR) is 129 cm³/mol. The minimum absolute atomic E-state index is 0.142. The van der Waals surface area contributed by atoms with E-state index in [2.05, 4.69) is 52.5 Å². The minimum Gasteiger partial charge on any atom is -0.463 e. The van der Waals surface area contributed by atoms with Gasteiger partial charge in [-0.15, -0.1) is 0 Å². The Balaban J connectivity index is 1.57. The smallest absolute Gasteiger partial charge is 0.338 e. The number of esters is 1. The third kappa shape index (κ3) is 5.45. The minimum atomic E-state index is -1.05. The molecule has 2 aliphatic heterocycles. The number of carbonyl (C=O) groups is 2. The Labute approximate surface area is 203 Å². The van der Waals surface area contributed by atoms with Gasteiger partial charge in [0.15, 0.2) is 11.6 Å². The second-order valence-electron chi connectivity index (χ2n) is 8.87. The topological polar surface area (TPSA) is 73.9 Å². The Hall–Kier alpha value is -3.46. The van der Waals surface area contributed by atoms with E-state index < -0.39 is 29.7 Å². The Kier molecular flexibility index (Phi) is 7.35. The molecule has 0 aliphatic carbocycles. The average molecular weight is 485 g/mol. The summed E-state index contributed by atoms with van der Waals surface area (Å²) in [6, 6.07) is 8.27.